The van der Waals surface area contributed by atoms with Crippen molar-refractivity contribution in [2.75, 3.05) is 0 Å². The third kappa shape index (κ3) is 3.14. The molecule has 0 aliphatic carbocycles. The van der Waals surface area contributed by atoms with Gasteiger partial charge < -0.3 is 0 Å². The summed E-state index contributed by atoms with van der Waals surface area (Å²) in [7, 11) is 0. The Bertz CT molecular complexity index is 1270. The Morgan fingerprint density at radius 2 is 1.75 bits per heavy atom. The van der Waals surface area contributed by atoms with Crippen LogP contribution in [0.5, 0.6) is 0 Å². The molecule has 5 rings (SSSR count). The summed E-state index contributed by atoms with van der Waals surface area (Å²) in [5.74, 6) is 0.506. The van der Waals surface area contributed by atoms with Crippen molar-refractivity contribution >= 4 is 28.1 Å². The molecule has 136 valence electrons. The maximum Gasteiger partial charge on any atom is 0.123 e. The second-order valence-electron chi connectivity index (χ2n) is 6.53. The van der Waals surface area contributed by atoms with Crippen LogP contribution in [-0.4, -0.2) is 14.6 Å². The lowest BCUT2D eigenvalue weighted by atomic mass is 10.0. The van der Waals surface area contributed by atoms with Gasteiger partial charge in [0.2, 0.25) is 0 Å². The molecule has 2 aromatic heterocycles. The quantitative estimate of drug-likeness (QED) is 0.357. The number of aromatic nitrogens is 3. The predicted molar refractivity (Wildman–Crippen MR) is 112 cm³/mol. The normalized spacial score (nSPS) is 11.3. The summed E-state index contributed by atoms with van der Waals surface area (Å²) in [6.07, 6.45) is 3.63. The number of hydrogen-bond donors (Lipinski definition) is 0. The van der Waals surface area contributed by atoms with Crippen molar-refractivity contribution in [2.24, 2.45) is 0 Å². The first-order chi connectivity index (χ1) is 13.8. The molecule has 5 aromatic rings. The standard InChI is InChI=1S/C23H16FN3S/c24-18-10-8-16(9-11-18)15-28-23-22-14-21(26-27(22)13-12-25-23)20-7-3-5-17-4-1-2-6-19(17)20/h1-14H,15H2. The average molecular weight is 385 g/mol. The maximum absolute atomic E-state index is 13.1. The van der Waals surface area contributed by atoms with Crippen molar-refractivity contribution in [2.45, 2.75) is 10.8 Å². The Balaban J connectivity index is 1.53. The van der Waals surface area contributed by atoms with Gasteiger partial charge in [-0.15, -0.1) is 0 Å². The van der Waals surface area contributed by atoms with Gasteiger partial charge in [0, 0.05) is 23.7 Å². The molecule has 28 heavy (non-hydrogen) atoms. The average Bonchev–Trinajstić information content (AvgIpc) is 3.18. The van der Waals surface area contributed by atoms with Gasteiger partial charge in [0.15, 0.2) is 0 Å². The lowest BCUT2D eigenvalue weighted by Gasteiger charge is -2.03. The van der Waals surface area contributed by atoms with Gasteiger partial charge in [0.1, 0.15) is 10.8 Å². The summed E-state index contributed by atoms with van der Waals surface area (Å²) in [5.41, 5.74) is 4.06. The van der Waals surface area contributed by atoms with Crippen LogP contribution in [0.2, 0.25) is 0 Å². The Morgan fingerprint density at radius 3 is 2.64 bits per heavy atom. The Labute approximate surface area is 165 Å². The van der Waals surface area contributed by atoms with Crippen molar-refractivity contribution < 1.29 is 4.39 Å². The zero-order valence-corrected chi connectivity index (χ0v) is 15.7. The highest BCUT2D eigenvalue weighted by atomic mass is 32.2. The third-order valence-electron chi connectivity index (χ3n) is 4.71. The molecule has 2 heterocycles. The minimum atomic E-state index is -0.218. The number of thioether (sulfide) groups is 1. The van der Waals surface area contributed by atoms with E-state index in [-0.39, 0.29) is 5.82 Å². The first-order valence-electron chi connectivity index (χ1n) is 8.98. The molecular weight excluding hydrogens is 369 g/mol. The van der Waals surface area contributed by atoms with Crippen LogP contribution in [0.25, 0.3) is 27.5 Å². The zero-order valence-electron chi connectivity index (χ0n) is 14.9. The van der Waals surface area contributed by atoms with Crippen LogP contribution in [0.1, 0.15) is 5.56 Å². The number of rotatable bonds is 4. The SMILES string of the molecule is Fc1ccc(CSc2nccn3nc(-c4cccc5ccccc45)cc23)cc1. The second-order valence-corrected chi connectivity index (χ2v) is 7.50. The number of nitrogens with zero attached hydrogens (tertiary/aromatic N) is 3. The van der Waals surface area contributed by atoms with Crippen molar-refractivity contribution in [3.63, 3.8) is 0 Å². The van der Waals surface area contributed by atoms with E-state index < -0.39 is 0 Å². The van der Waals surface area contributed by atoms with Crippen LogP contribution in [0.15, 0.2) is 90.2 Å². The van der Waals surface area contributed by atoms with E-state index in [0.717, 1.165) is 33.1 Å². The first-order valence-corrected chi connectivity index (χ1v) is 9.96. The smallest absolute Gasteiger partial charge is 0.123 e. The van der Waals surface area contributed by atoms with E-state index in [1.807, 2.05) is 22.8 Å². The summed E-state index contributed by atoms with van der Waals surface area (Å²) in [6, 6.07) is 23.3. The topological polar surface area (TPSA) is 30.2 Å². The Kier molecular flexibility index (Phi) is 4.29. The van der Waals surface area contributed by atoms with E-state index >= 15 is 0 Å². The van der Waals surface area contributed by atoms with Gasteiger partial charge in [0.25, 0.3) is 0 Å². The number of hydrogen-bond acceptors (Lipinski definition) is 3. The molecule has 0 N–H and O–H groups in total. The summed E-state index contributed by atoms with van der Waals surface area (Å²) >= 11 is 1.63. The molecule has 0 unspecified atom stereocenters. The lowest BCUT2D eigenvalue weighted by molar-refractivity contribution is 0.627. The van der Waals surface area contributed by atoms with Crippen LogP contribution in [0.3, 0.4) is 0 Å². The fraction of sp³-hybridized carbons (Fsp3) is 0.0435. The van der Waals surface area contributed by atoms with Gasteiger partial charge in [-0.3, -0.25) is 0 Å². The molecule has 5 heteroatoms. The molecule has 0 aliphatic heterocycles. The first kappa shape index (κ1) is 17.0. The number of halogens is 1. The number of fused-ring (bicyclic) bond motifs is 2. The lowest BCUT2D eigenvalue weighted by Crippen LogP contribution is -1.91. The van der Waals surface area contributed by atoms with Gasteiger partial charge in [-0.25, -0.2) is 13.9 Å². The van der Waals surface area contributed by atoms with E-state index in [1.165, 1.54) is 22.9 Å². The van der Waals surface area contributed by atoms with E-state index in [1.54, 1.807) is 30.1 Å². The van der Waals surface area contributed by atoms with Crippen molar-refractivity contribution in [3.8, 4) is 11.3 Å². The number of benzene rings is 3. The van der Waals surface area contributed by atoms with Gasteiger partial charge in [-0.1, -0.05) is 66.4 Å². The van der Waals surface area contributed by atoms with Crippen LogP contribution >= 0.6 is 11.8 Å². The Hall–Kier alpha value is -3.18. The van der Waals surface area contributed by atoms with E-state index in [9.17, 15) is 4.39 Å². The molecule has 0 spiro atoms. The van der Waals surface area contributed by atoms with E-state index in [0.29, 0.717) is 0 Å². The summed E-state index contributed by atoms with van der Waals surface area (Å²) < 4.78 is 15.0. The molecular formula is C23H16FN3S. The molecule has 0 atom stereocenters. The molecule has 0 aliphatic rings. The van der Waals surface area contributed by atoms with Crippen molar-refractivity contribution in [1.29, 1.82) is 0 Å². The van der Waals surface area contributed by atoms with Crippen LogP contribution in [0.4, 0.5) is 4.39 Å². The van der Waals surface area contributed by atoms with Gasteiger partial charge >= 0.3 is 0 Å². The molecule has 0 radical (unpaired) electrons. The fourth-order valence-electron chi connectivity index (χ4n) is 3.32. The Morgan fingerprint density at radius 1 is 0.929 bits per heavy atom. The second kappa shape index (κ2) is 7.09. The van der Waals surface area contributed by atoms with Gasteiger partial charge in [-0.05, 0) is 34.5 Å². The highest BCUT2D eigenvalue weighted by molar-refractivity contribution is 7.98. The van der Waals surface area contributed by atoms with Crippen LogP contribution in [0, 0.1) is 5.82 Å². The third-order valence-corrected chi connectivity index (χ3v) is 5.77. The fourth-order valence-corrected chi connectivity index (χ4v) is 4.25. The highest BCUT2D eigenvalue weighted by Gasteiger charge is 2.12. The maximum atomic E-state index is 13.1. The van der Waals surface area contributed by atoms with E-state index in [2.05, 4.69) is 41.4 Å². The largest absolute Gasteiger partial charge is 0.246 e. The van der Waals surface area contributed by atoms with Gasteiger partial charge in [-0.2, -0.15) is 5.10 Å². The predicted octanol–water partition coefficient (Wildman–Crippen LogP) is 5.98. The van der Waals surface area contributed by atoms with Crippen molar-refractivity contribution in [3.05, 3.63) is 96.6 Å². The monoisotopic (exact) mass is 385 g/mol. The van der Waals surface area contributed by atoms with Crippen LogP contribution < -0.4 is 0 Å². The molecule has 0 fully saturated rings. The molecule has 0 bridgehead atoms. The summed E-state index contributed by atoms with van der Waals surface area (Å²) in [5, 5.41) is 8.06. The van der Waals surface area contributed by atoms with E-state index in [4.69, 9.17) is 5.10 Å². The molecule has 3 aromatic carbocycles. The zero-order chi connectivity index (χ0) is 18.9. The molecule has 0 saturated heterocycles. The van der Waals surface area contributed by atoms with Gasteiger partial charge in [0.05, 0.1) is 11.2 Å². The van der Waals surface area contributed by atoms with Crippen molar-refractivity contribution in [1.82, 2.24) is 14.6 Å². The minimum Gasteiger partial charge on any atom is -0.246 e. The minimum absolute atomic E-state index is 0.218. The van der Waals surface area contributed by atoms with Crippen LogP contribution in [-0.2, 0) is 5.75 Å². The molecule has 0 saturated carbocycles. The molecule has 3 nitrogen and oxygen atoms in total. The highest BCUT2D eigenvalue weighted by Crippen LogP contribution is 2.31. The summed E-state index contributed by atoms with van der Waals surface area (Å²) in [4.78, 5) is 4.54. The molecule has 0 amide bonds. The summed E-state index contributed by atoms with van der Waals surface area (Å²) in [6.45, 7) is 0.